The van der Waals surface area contributed by atoms with Crippen LogP contribution in [-0.2, 0) is 5.54 Å². The Balaban J connectivity index is 1.70. The monoisotopic (exact) mass is 379 g/mol. The van der Waals surface area contributed by atoms with Gasteiger partial charge in [-0.25, -0.2) is 13.9 Å². The lowest BCUT2D eigenvalue weighted by molar-refractivity contribution is 0.279. The van der Waals surface area contributed by atoms with E-state index in [1.165, 1.54) is 6.07 Å². The van der Waals surface area contributed by atoms with Gasteiger partial charge in [-0.3, -0.25) is 0 Å². The molecule has 2 bridgehead atoms. The lowest BCUT2D eigenvalue weighted by Crippen LogP contribution is -2.33. The number of fused-ring (bicyclic) bond motifs is 3. The Labute approximate surface area is 162 Å². The van der Waals surface area contributed by atoms with Gasteiger partial charge in [-0.2, -0.15) is 5.10 Å². The number of nitrogens with zero attached hydrogens (tertiary/aromatic N) is 4. The number of hydrogen-bond donors (Lipinski definition) is 1. The quantitative estimate of drug-likeness (QED) is 0.649. The van der Waals surface area contributed by atoms with Gasteiger partial charge >= 0.3 is 0 Å². The first-order valence-corrected chi connectivity index (χ1v) is 9.45. The van der Waals surface area contributed by atoms with Crippen LogP contribution in [0.15, 0.2) is 43.2 Å². The highest BCUT2D eigenvalue weighted by molar-refractivity contribution is 5.74. The van der Waals surface area contributed by atoms with E-state index in [0.29, 0.717) is 12.4 Å². The number of rotatable bonds is 0. The van der Waals surface area contributed by atoms with Crippen LogP contribution in [0.3, 0.4) is 0 Å². The number of ether oxygens (including phenoxy) is 1. The zero-order chi connectivity index (χ0) is 19.5. The Kier molecular flexibility index (Phi) is 3.62. The van der Waals surface area contributed by atoms with Gasteiger partial charge in [-0.05, 0) is 44.0 Å². The molecule has 0 unspecified atom stereocenters. The van der Waals surface area contributed by atoms with Gasteiger partial charge in [0.1, 0.15) is 24.0 Å². The third-order valence-electron chi connectivity index (χ3n) is 5.74. The minimum Gasteiger partial charge on any atom is -0.491 e. The zero-order valence-corrected chi connectivity index (χ0v) is 15.9. The first-order valence-electron chi connectivity index (χ1n) is 9.45. The fourth-order valence-corrected chi connectivity index (χ4v) is 4.01. The minimum atomic E-state index is -0.315. The molecule has 5 rings (SSSR count). The van der Waals surface area contributed by atoms with Crippen molar-refractivity contribution in [3.8, 4) is 5.75 Å². The molecule has 1 spiro atoms. The number of aromatic nitrogens is 3. The van der Waals surface area contributed by atoms with Crippen molar-refractivity contribution in [3.63, 3.8) is 0 Å². The maximum absolute atomic E-state index is 14.1. The summed E-state index contributed by atoms with van der Waals surface area (Å²) < 4.78 is 22.0. The van der Waals surface area contributed by atoms with Gasteiger partial charge in [-0.1, -0.05) is 6.58 Å². The van der Waals surface area contributed by atoms with E-state index in [4.69, 9.17) is 9.72 Å². The summed E-state index contributed by atoms with van der Waals surface area (Å²) in [5.74, 6) is 1.27. The summed E-state index contributed by atoms with van der Waals surface area (Å²) in [5.41, 5.74) is 2.90. The summed E-state index contributed by atoms with van der Waals surface area (Å²) in [4.78, 5) is 6.99. The van der Waals surface area contributed by atoms with Crippen LogP contribution in [0.25, 0.3) is 11.3 Å². The molecule has 1 saturated carbocycles. The molecular weight excluding hydrogens is 357 g/mol. The van der Waals surface area contributed by atoms with Crippen LogP contribution in [0.4, 0.5) is 10.2 Å². The molecular formula is C21H22FN5O. The van der Waals surface area contributed by atoms with E-state index in [2.05, 4.69) is 21.9 Å². The Bertz CT molecular complexity index is 1090. The van der Waals surface area contributed by atoms with E-state index in [9.17, 15) is 4.39 Å². The van der Waals surface area contributed by atoms with Gasteiger partial charge in [0.2, 0.25) is 0 Å². The average Bonchev–Trinajstić information content (AvgIpc) is 3.38. The molecule has 3 aromatic rings. The van der Waals surface area contributed by atoms with E-state index in [1.54, 1.807) is 22.8 Å². The molecule has 6 nitrogen and oxygen atoms in total. The molecule has 1 N–H and O–H groups in total. The second-order valence-electron chi connectivity index (χ2n) is 7.68. The number of benzene rings is 1. The van der Waals surface area contributed by atoms with Gasteiger partial charge in [0.05, 0.1) is 23.3 Å². The average molecular weight is 379 g/mol. The van der Waals surface area contributed by atoms with Crippen molar-refractivity contribution in [3.05, 3.63) is 60.2 Å². The van der Waals surface area contributed by atoms with Gasteiger partial charge in [0.15, 0.2) is 5.65 Å². The predicted molar refractivity (Wildman–Crippen MR) is 106 cm³/mol. The fourth-order valence-electron chi connectivity index (χ4n) is 4.01. The molecule has 1 atom stereocenters. The second-order valence-corrected chi connectivity index (χ2v) is 7.68. The summed E-state index contributed by atoms with van der Waals surface area (Å²) in [6.45, 7) is 6.62. The first-order chi connectivity index (χ1) is 13.5. The topological polar surface area (TPSA) is 54.7 Å². The molecule has 1 fully saturated rings. The van der Waals surface area contributed by atoms with Gasteiger partial charge in [-0.15, -0.1) is 0 Å². The standard InChI is InChI=1S/C21H22FN5O/c1-13-12-28-18-5-4-15(22)10-17(18)21(7-8-21)26(3)19-6-9-27-20(25-19)16(11-23-27)14(2)24-13/h4-6,9-11,13,24H,2,7-8,12H2,1,3H3/t13-/m1/s1. The summed E-state index contributed by atoms with van der Waals surface area (Å²) in [6, 6.07) is 6.72. The van der Waals surface area contributed by atoms with Gasteiger partial charge in [0.25, 0.3) is 0 Å². The summed E-state index contributed by atoms with van der Waals surface area (Å²) in [5, 5.41) is 7.75. The second kappa shape index (κ2) is 5.95. The molecule has 0 saturated heterocycles. The molecule has 1 aliphatic heterocycles. The Hall–Kier alpha value is -3.09. The smallest absolute Gasteiger partial charge is 0.166 e. The lowest BCUT2D eigenvalue weighted by Gasteiger charge is -2.31. The minimum absolute atomic E-state index is 0.0113. The highest BCUT2D eigenvalue weighted by Crippen LogP contribution is 2.54. The lowest BCUT2D eigenvalue weighted by atomic mass is 10.0. The summed E-state index contributed by atoms with van der Waals surface area (Å²) in [6.07, 6.45) is 5.50. The van der Waals surface area contributed by atoms with Crippen LogP contribution in [0.1, 0.15) is 30.9 Å². The van der Waals surface area contributed by atoms with E-state index >= 15 is 0 Å². The molecule has 1 aromatic carbocycles. The van der Waals surface area contributed by atoms with Gasteiger partial charge < -0.3 is 15.0 Å². The number of hydrogen-bond acceptors (Lipinski definition) is 5. The van der Waals surface area contributed by atoms with Crippen molar-refractivity contribution in [2.24, 2.45) is 0 Å². The SMILES string of the molecule is C=C1N[C@H](C)COc2ccc(F)cc2C2(CC2)N(C)c2ccn3ncc1c3n2. The van der Waals surface area contributed by atoms with Gasteiger partial charge in [0, 0.05) is 24.5 Å². The summed E-state index contributed by atoms with van der Waals surface area (Å²) >= 11 is 0. The highest BCUT2D eigenvalue weighted by Gasteiger charge is 2.50. The van der Waals surface area contributed by atoms with Crippen molar-refractivity contribution >= 4 is 17.2 Å². The Morgan fingerprint density at radius 1 is 1.32 bits per heavy atom. The van der Waals surface area contributed by atoms with E-state index < -0.39 is 0 Å². The third-order valence-corrected chi connectivity index (χ3v) is 5.74. The number of anilines is 1. The van der Waals surface area contributed by atoms with Crippen LogP contribution in [0, 0.1) is 5.82 Å². The molecule has 2 aromatic heterocycles. The normalized spacial score (nSPS) is 20.8. The van der Waals surface area contributed by atoms with Crippen molar-refractivity contribution < 1.29 is 9.13 Å². The van der Waals surface area contributed by atoms with E-state index in [0.717, 1.165) is 41.1 Å². The van der Waals surface area contributed by atoms with Crippen LogP contribution >= 0.6 is 0 Å². The third kappa shape index (κ3) is 2.53. The van der Waals surface area contributed by atoms with Crippen LogP contribution < -0.4 is 15.0 Å². The van der Waals surface area contributed by atoms with E-state index in [-0.39, 0.29) is 17.4 Å². The van der Waals surface area contributed by atoms with Crippen LogP contribution in [0.5, 0.6) is 5.75 Å². The molecule has 0 radical (unpaired) electrons. The Morgan fingerprint density at radius 3 is 2.93 bits per heavy atom. The Morgan fingerprint density at radius 2 is 2.14 bits per heavy atom. The van der Waals surface area contributed by atoms with Crippen LogP contribution in [-0.4, -0.2) is 34.3 Å². The molecule has 28 heavy (non-hydrogen) atoms. The van der Waals surface area contributed by atoms with Crippen molar-refractivity contribution in [1.82, 2.24) is 19.9 Å². The highest BCUT2D eigenvalue weighted by atomic mass is 19.1. The predicted octanol–water partition coefficient (Wildman–Crippen LogP) is 3.34. The summed E-state index contributed by atoms with van der Waals surface area (Å²) in [7, 11) is 2.01. The zero-order valence-electron chi connectivity index (χ0n) is 15.9. The molecule has 7 heteroatoms. The number of halogens is 1. The number of nitrogens with one attached hydrogen (secondary N) is 1. The van der Waals surface area contributed by atoms with Crippen molar-refractivity contribution in [2.45, 2.75) is 31.3 Å². The fraction of sp³-hybridized carbons (Fsp3) is 0.333. The maximum atomic E-state index is 14.1. The maximum Gasteiger partial charge on any atom is 0.166 e. The molecule has 3 heterocycles. The molecule has 0 amide bonds. The first kappa shape index (κ1) is 17.0. The largest absolute Gasteiger partial charge is 0.491 e. The van der Waals surface area contributed by atoms with E-state index in [1.807, 2.05) is 26.2 Å². The van der Waals surface area contributed by atoms with Crippen molar-refractivity contribution in [1.29, 1.82) is 0 Å². The van der Waals surface area contributed by atoms with Crippen molar-refractivity contribution in [2.75, 3.05) is 18.6 Å². The van der Waals surface area contributed by atoms with Crippen LogP contribution in [0.2, 0.25) is 0 Å². The molecule has 1 aliphatic carbocycles. The molecule has 2 aliphatic rings. The molecule has 144 valence electrons.